The van der Waals surface area contributed by atoms with Crippen molar-refractivity contribution in [3.63, 3.8) is 0 Å². The van der Waals surface area contributed by atoms with Gasteiger partial charge in [-0.3, -0.25) is 9.79 Å². The second kappa shape index (κ2) is 9.95. The summed E-state index contributed by atoms with van der Waals surface area (Å²) in [6.45, 7) is 0.546. The number of nitrogens with zero attached hydrogens (tertiary/aromatic N) is 3. The standard InChI is InChI=1S/C23H27N5O4/c1-27(14-15-9-11-17(12-10-15)16-6-3-2-4-7-16)23(32)28-19(21(30)31)18(20(28)29)8-5-13-26-22(24)25/h2-4,6-7,9-12,18-19H,5,8,13-14H2,1H3,(H,30,31)(H4,24,25,26)/t18-,19+/m1/s1. The van der Waals surface area contributed by atoms with Crippen molar-refractivity contribution in [1.82, 2.24) is 9.80 Å². The van der Waals surface area contributed by atoms with Crippen molar-refractivity contribution in [1.29, 1.82) is 0 Å². The van der Waals surface area contributed by atoms with Crippen LogP contribution in [-0.4, -0.2) is 58.4 Å². The third kappa shape index (κ3) is 5.05. The van der Waals surface area contributed by atoms with Crippen molar-refractivity contribution in [2.24, 2.45) is 22.4 Å². The van der Waals surface area contributed by atoms with Gasteiger partial charge >= 0.3 is 12.0 Å². The molecule has 1 aliphatic rings. The van der Waals surface area contributed by atoms with Crippen LogP contribution in [-0.2, 0) is 16.1 Å². The monoisotopic (exact) mass is 437 g/mol. The number of hydrogen-bond donors (Lipinski definition) is 3. The molecule has 1 heterocycles. The highest BCUT2D eigenvalue weighted by molar-refractivity contribution is 6.07. The summed E-state index contributed by atoms with van der Waals surface area (Å²) < 4.78 is 0. The van der Waals surface area contributed by atoms with Crippen LogP contribution in [0.25, 0.3) is 11.1 Å². The van der Waals surface area contributed by atoms with Crippen LogP contribution < -0.4 is 11.5 Å². The number of urea groups is 1. The summed E-state index contributed by atoms with van der Waals surface area (Å²) in [6.07, 6.45) is 0.741. The van der Waals surface area contributed by atoms with E-state index in [1.165, 1.54) is 4.90 Å². The molecule has 1 aliphatic heterocycles. The van der Waals surface area contributed by atoms with E-state index in [4.69, 9.17) is 11.5 Å². The number of carbonyl (C=O) groups is 3. The van der Waals surface area contributed by atoms with Crippen molar-refractivity contribution < 1.29 is 19.5 Å². The van der Waals surface area contributed by atoms with E-state index in [1.54, 1.807) is 7.05 Å². The molecule has 2 aromatic carbocycles. The normalized spacial score (nSPS) is 17.4. The number of nitrogens with two attached hydrogens (primary N) is 2. The number of amides is 3. The molecule has 0 spiro atoms. The quantitative estimate of drug-likeness (QED) is 0.249. The number of carboxylic acid groups (broad SMARTS) is 1. The number of carbonyl (C=O) groups excluding carboxylic acids is 2. The summed E-state index contributed by atoms with van der Waals surface area (Å²) in [6, 6.07) is 15.8. The van der Waals surface area contributed by atoms with Gasteiger partial charge in [0.05, 0.1) is 5.92 Å². The van der Waals surface area contributed by atoms with Gasteiger partial charge in [0.25, 0.3) is 0 Å². The Morgan fingerprint density at radius 2 is 1.69 bits per heavy atom. The molecule has 9 heteroatoms. The smallest absolute Gasteiger partial charge is 0.327 e. The van der Waals surface area contributed by atoms with Crippen LogP contribution in [0.3, 0.4) is 0 Å². The van der Waals surface area contributed by atoms with Crippen LogP contribution >= 0.6 is 0 Å². The molecule has 1 saturated heterocycles. The SMILES string of the molecule is CN(Cc1ccc(-c2ccccc2)cc1)C(=O)N1C(=O)[C@H](CCCN=C(N)N)[C@H]1C(=O)O. The lowest BCUT2D eigenvalue weighted by Gasteiger charge is -2.44. The number of carboxylic acids is 1. The van der Waals surface area contributed by atoms with Gasteiger partial charge in [0.2, 0.25) is 5.91 Å². The third-order valence-corrected chi connectivity index (χ3v) is 5.45. The third-order valence-electron chi connectivity index (χ3n) is 5.45. The fourth-order valence-corrected chi connectivity index (χ4v) is 3.80. The van der Waals surface area contributed by atoms with E-state index in [0.29, 0.717) is 19.4 Å². The number of hydrogen-bond acceptors (Lipinski definition) is 4. The van der Waals surface area contributed by atoms with Gasteiger partial charge in [0.1, 0.15) is 0 Å². The van der Waals surface area contributed by atoms with Crippen molar-refractivity contribution >= 4 is 23.9 Å². The summed E-state index contributed by atoms with van der Waals surface area (Å²) in [5, 5.41) is 9.56. The van der Waals surface area contributed by atoms with Crippen LogP contribution in [0.2, 0.25) is 0 Å². The van der Waals surface area contributed by atoms with E-state index in [-0.39, 0.29) is 12.5 Å². The fourth-order valence-electron chi connectivity index (χ4n) is 3.80. The number of likely N-dealkylation sites (tertiary alicyclic amines) is 1. The van der Waals surface area contributed by atoms with E-state index < -0.39 is 29.9 Å². The zero-order chi connectivity index (χ0) is 23.3. The van der Waals surface area contributed by atoms with Gasteiger partial charge in [0.15, 0.2) is 12.0 Å². The first-order valence-electron chi connectivity index (χ1n) is 10.3. The van der Waals surface area contributed by atoms with E-state index in [9.17, 15) is 19.5 Å². The predicted molar refractivity (Wildman–Crippen MR) is 120 cm³/mol. The molecule has 0 aromatic heterocycles. The van der Waals surface area contributed by atoms with Gasteiger partial charge in [-0.25, -0.2) is 14.5 Å². The van der Waals surface area contributed by atoms with Crippen LogP contribution in [0.1, 0.15) is 18.4 Å². The second-order valence-electron chi connectivity index (χ2n) is 7.75. The Balaban J connectivity index is 1.61. The minimum Gasteiger partial charge on any atom is -0.480 e. The summed E-state index contributed by atoms with van der Waals surface area (Å²) >= 11 is 0. The lowest BCUT2D eigenvalue weighted by Crippen LogP contribution is -2.68. The number of β-lactam (4-membered cyclic amide) rings is 1. The van der Waals surface area contributed by atoms with E-state index in [2.05, 4.69) is 4.99 Å². The Kier molecular flexibility index (Phi) is 7.09. The van der Waals surface area contributed by atoms with Crippen molar-refractivity contribution in [3.8, 4) is 11.1 Å². The lowest BCUT2D eigenvalue weighted by molar-refractivity contribution is -0.166. The molecular formula is C23H27N5O4. The van der Waals surface area contributed by atoms with Crippen molar-refractivity contribution in [2.75, 3.05) is 13.6 Å². The maximum Gasteiger partial charge on any atom is 0.327 e. The fraction of sp³-hybridized carbons (Fsp3) is 0.304. The van der Waals surface area contributed by atoms with Crippen LogP contribution in [0.4, 0.5) is 4.79 Å². The molecule has 2 aromatic rings. The van der Waals surface area contributed by atoms with Gasteiger partial charge in [0, 0.05) is 20.1 Å². The molecule has 5 N–H and O–H groups in total. The Morgan fingerprint density at radius 1 is 1.06 bits per heavy atom. The summed E-state index contributed by atoms with van der Waals surface area (Å²) in [4.78, 5) is 43.1. The first kappa shape index (κ1) is 22.8. The Bertz CT molecular complexity index is 1000. The molecule has 0 unspecified atom stereocenters. The molecule has 32 heavy (non-hydrogen) atoms. The molecular weight excluding hydrogens is 410 g/mol. The van der Waals surface area contributed by atoms with E-state index >= 15 is 0 Å². The zero-order valence-corrected chi connectivity index (χ0v) is 17.8. The van der Waals surface area contributed by atoms with Crippen molar-refractivity contribution in [2.45, 2.75) is 25.4 Å². The largest absolute Gasteiger partial charge is 0.480 e. The number of benzene rings is 2. The van der Waals surface area contributed by atoms with Crippen LogP contribution in [0, 0.1) is 5.92 Å². The Hall–Kier alpha value is -3.88. The lowest BCUT2D eigenvalue weighted by atomic mass is 9.84. The highest BCUT2D eigenvalue weighted by Gasteiger charge is 2.54. The first-order chi connectivity index (χ1) is 15.3. The first-order valence-corrected chi connectivity index (χ1v) is 10.3. The predicted octanol–water partition coefficient (Wildman–Crippen LogP) is 1.87. The zero-order valence-electron chi connectivity index (χ0n) is 17.8. The van der Waals surface area contributed by atoms with Crippen molar-refractivity contribution in [3.05, 3.63) is 60.2 Å². The Labute approximate surface area is 186 Å². The molecule has 0 aliphatic carbocycles. The summed E-state index contributed by atoms with van der Waals surface area (Å²) in [7, 11) is 1.55. The number of aliphatic imine (C=N–C) groups is 1. The maximum atomic E-state index is 12.8. The molecule has 1 fully saturated rings. The van der Waals surface area contributed by atoms with Crippen LogP contribution in [0.15, 0.2) is 59.6 Å². The van der Waals surface area contributed by atoms with Gasteiger partial charge in [-0.05, 0) is 29.5 Å². The molecule has 168 valence electrons. The second-order valence-corrected chi connectivity index (χ2v) is 7.75. The number of imide groups is 1. The van der Waals surface area contributed by atoms with E-state index in [0.717, 1.165) is 21.6 Å². The molecule has 2 atom stereocenters. The molecule has 0 radical (unpaired) electrons. The van der Waals surface area contributed by atoms with Gasteiger partial charge in [-0.15, -0.1) is 0 Å². The minimum atomic E-state index is -1.20. The average Bonchev–Trinajstić information content (AvgIpc) is 2.77. The highest BCUT2D eigenvalue weighted by atomic mass is 16.4. The number of aliphatic carboxylic acids is 1. The number of guanidine groups is 1. The highest BCUT2D eigenvalue weighted by Crippen LogP contribution is 2.32. The molecule has 3 amide bonds. The van der Waals surface area contributed by atoms with Gasteiger partial charge < -0.3 is 21.5 Å². The topological polar surface area (TPSA) is 142 Å². The molecule has 0 saturated carbocycles. The molecule has 3 rings (SSSR count). The maximum absolute atomic E-state index is 12.8. The van der Waals surface area contributed by atoms with Gasteiger partial charge in [-0.2, -0.15) is 0 Å². The number of rotatable bonds is 8. The van der Waals surface area contributed by atoms with Crippen LogP contribution in [0.5, 0.6) is 0 Å². The minimum absolute atomic E-state index is 0.0602. The molecule has 0 bridgehead atoms. The summed E-state index contributed by atoms with van der Waals surface area (Å²) in [5.41, 5.74) is 13.5. The van der Waals surface area contributed by atoms with E-state index in [1.807, 2.05) is 54.6 Å². The Morgan fingerprint density at radius 3 is 2.28 bits per heavy atom. The van der Waals surface area contributed by atoms with Gasteiger partial charge in [-0.1, -0.05) is 54.6 Å². The average molecular weight is 438 g/mol. The molecule has 9 nitrogen and oxygen atoms in total. The summed E-state index contributed by atoms with van der Waals surface area (Å²) in [5.74, 6) is -2.51.